The van der Waals surface area contributed by atoms with Crippen LogP contribution in [0.3, 0.4) is 0 Å². The molecule has 4 N–H and O–H groups in total. The largest absolute Gasteiger partial charge is 0.505 e. The molecule has 35 heavy (non-hydrogen) atoms. The number of hydrogen-bond acceptors (Lipinski definition) is 6. The standard InChI is InChI=1S/C26H32Cl2N2O5/c27-20-16-19(23(31)22(28)24(20)34-14-8-7-13-29)25(32)30-21(15-17-9-3-1-4-10-17)26(33)35-18-11-5-2-6-12-18/h1,3-4,9-10,16,18,21,31H,2,5-8,11-15,29H2,(H,30,32). The molecule has 9 heteroatoms. The summed E-state index contributed by atoms with van der Waals surface area (Å²) in [5, 5.41) is 13.2. The first-order chi connectivity index (χ1) is 16.9. The average molecular weight is 523 g/mol. The van der Waals surface area contributed by atoms with Gasteiger partial charge in [-0.2, -0.15) is 0 Å². The van der Waals surface area contributed by atoms with E-state index in [2.05, 4.69) is 5.32 Å². The van der Waals surface area contributed by atoms with E-state index in [-0.39, 0.29) is 33.9 Å². The van der Waals surface area contributed by atoms with Crippen LogP contribution in [0, 0.1) is 0 Å². The van der Waals surface area contributed by atoms with Crippen LogP contribution in [0.5, 0.6) is 11.5 Å². The van der Waals surface area contributed by atoms with Gasteiger partial charge in [-0.15, -0.1) is 0 Å². The molecule has 0 aliphatic heterocycles. The fourth-order valence-electron chi connectivity index (χ4n) is 4.03. The van der Waals surface area contributed by atoms with Crippen molar-refractivity contribution < 1.29 is 24.2 Å². The topological polar surface area (TPSA) is 111 Å². The second kappa shape index (κ2) is 13.6. The molecule has 2 aromatic carbocycles. The van der Waals surface area contributed by atoms with Crippen LogP contribution in [0.25, 0.3) is 0 Å². The first-order valence-electron chi connectivity index (χ1n) is 12.0. The van der Waals surface area contributed by atoms with Crippen molar-refractivity contribution in [2.24, 2.45) is 5.73 Å². The molecule has 0 aromatic heterocycles. The monoisotopic (exact) mass is 522 g/mol. The molecule has 1 saturated carbocycles. The Kier molecular flexibility index (Phi) is 10.5. The smallest absolute Gasteiger partial charge is 0.329 e. The second-order valence-electron chi connectivity index (χ2n) is 8.65. The summed E-state index contributed by atoms with van der Waals surface area (Å²) in [7, 11) is 0. The minimum Gasteiger partial charge on any atom is -0.505 e. The molecule has 1 unspecified atom stereocenters. The van der Waals surface area contributed by atoms with Crippen molar-refractivity contribution in [2.45, 2.75) is 63.5 Å². The molecule has 190 valence electrons. The number of halogens is 2. The lowest BCUT2D eigenvalue weighted by Gasteiger charge is -2.25. The van der Waals surface area contributed by atoms with E-state index in [4.69, 9.17) is 38.4 Å². The molecule has 1 amide bonds. The lowest BCUT2D eigenvalue weighted by Crippen LogP contribution is -2.44. The lowest BCUT2D eigenvalue weighted by molar-refractivity contribution is -0.152. The third kappa shape index (κ3) is 7.75. The first-order valence-corrected chi connectivity index (χ1v) is 12.8. The Labute approximate surface area is 215 Å². The molecule has 1 aliphatic rings. The third-order valence-corrected chi connectivity index (χ3v) is 6.58. The Morgan fingerprint density at radius 1 is 1.11 bits per heavy atom. The van der Waals surface area contributed by atoms with Crippen molar-refractivity contribution in [3.05, 3.63) is 57.6 Å². The van der Waals surface area contributed by atoms with E-state index in [0.29, 0.717) is 19.6 Å². The highest BCUT2D eigenvalue weighted by molar-refractivity contribution is 6.39. The van der Waals surface area contributed by atoms with E-state index < -0.39 is 23.7 Å². The van der Waals surface area contributed by atoms with E-state index >= 15 is 0 Å². The molecule has 7 nitrogen and oxygen atoms in total. The first kappa shape index (κ1) is 27.1. The number of carbonyl (C=O) groups excluding carboxylic acids is 2. The predicted octanol–water partition coefficient (Wildman–Crippen LogP) is 5.03. The van der Waals surface area contributed by atoms with E-state index in [1.54, 1.807) is 0 Å². The number of carbonyl (C=O) groups is 2. The highest BCUT2D eigenvalue weighted by Crippen LogP contribution is 2.42. The van der Waals surface area contributed by atoms with Crippen molar-refractivity contribution in [2.75, 3.05) is 13.2 Å². The molecule has 0 saturated heterocycles. The van der Waals surface area contributed by atoms with Gasteiger partial charge in [0, 0.05) is 6.42 Å². The van der Waals surface area contributed by atoms with Gasteiger partial charge in [0.2, 0.25) is 0 Å². The van der Waals surface area contributed by atoms with Gasteiger partial charge in [-0.05, 0) is 56.7 Å². The number of esters is 1. The van der Waals surface area contributed by atoms with E-state index in [1.165, 1.54) is 6.07 Å². The fraction of sp³-hybridized carbons (Fsp3) is 0.462. The number of amides is 1. The minimum absolute atomic E-state index is 0.0788. The number of hydrogen-bond donors (Lipinski definition) is 3. The van der Waals surface area contributed by atoms with Crippen molar-refractivity contribution in [3.63, 3.8) is 0 Å². The molecule has 0 spiro atoms. The molecular weight excluding hydrogens is 491 g/mol. The highest BCUT2D eigenvalue weighted by Gasteiger charge is 2.29. The number of benzene rings is 2. The van der Waals surface area contributed by atoms with Crippen LogP contribution in [-0.2, 0) is 16.0 Å². The van der Waals surface area contributed by atoms with Gasteiger partial charge in [0.1, 0.15) is 17.2 Å². The Morgan fingerprint density at radius 3 is 2.51 bits per heavy atom. The van der Waals surface area contributed by atoms with E-state index in [1.807, 2.05) is 30.3 Å². The minimum atomic E-state index is -0.948. The Hall–Kier alpha value is -2.48. The van der Waals surface area contributed by atoms with Gasteiger partial charge in [0.25, 0.3) is 5.91 Å². The molecular formula is C26H32Cl2N2O5. The zero-order valence-corrected chi connectivity index (χ0v) is 21.1. The van der Waals surface area contributed by atoms with Gasteiger partial charge in [-0.1, -0.05) is 60.0 Å². The van der Waals surface area contributed by atoms with Gasteiger partial charge in [-0.3, -0.25) is 4.79 Å². The summed E-state index contributed by atoms with van der Waals surface area (Å²) < 4.78 is 11.3. The molecule has 1 aliphatic carbocycles. The van der Waals surface area contributed by atoms with Gasteiger partial charge in [0.15, 0.2) is 11.5 Å². The second-order valence-corrected chi connectivity index (χ2v) is 9.44. The molecule has 2 aromatic rings. The maximum Gasteiger partial charge on any atom is 0.329 e. The zero-order chi connectivity index (χ0) is 25.2. The third-order valence-electron chi connectivity index (χ3n) is 5.95. The number of nitrogens with one attached hydrogen (secondary N) is 1. The Morgan fingerprint density at radius 2 is 1.83 bits per heavy atom. The van der Waals surface area contributed by atoms with Gasteiger partial charge in [0.05, 0.1) is 17.2 Å². The molecule has 1 atom stereocenters. The number of ether oxygens (including phenoxy) is 2. The van der Waals surface area contributed by atoms with Gasteiger partial charge in [-0.25, -0.2) is 4.79 Å². The fourth-order valence-corrected chi connectivity index (χ4v) is 4.59. The predicted molar refractivity (Wildman–Crippen MR) is 136 cm³/mol. The van der Waals surface area contributed by atoms with Crippen LogP contribution < -0.4 is 15.8 Å². The lowest BCUT2D eigenvalue weighted by atomic mass is 9.97. The van der Waals surface area contributed by atoms with Crippen LogP contribution in [0.2, 0.25) is 10.0 Å². The number of phenols is 1. The van der Waals surface area contributed by atoms with Crippen LogP contribution in [0.15, 0.2) is 36.4 Å². The summed E-state index contributed by atoms with van der Waals surface area (Å²) in [4.78, 5) is 26.2. The normalized spacial score (nSPS) is 14.8. The van der Waals surface area contributed by atoms with Crippen LogP contribution >= 0.6 is 23.2 Å². The van der Waals surface area contributed by atoms with Crippen LogP contribution in [0.4, 0.5) is 0 Å². The molecule has 0 heterocycles. The summed E-state index contributed by atoms with van der Waals surface area (Å²) in [6.45, 7) is 0.844. The molecule has 1 fully saturated rings. The maximum absolute atomic E-state index is 13.1. The van der Waals surface area contributed by atoms with Crippen molar-refractivity contribution in [3.8, 4) is 11.5 Å². The molecule has 0 bridgehead atoms. The molecule has 0 radical (unpaired) electrons. The van der Waals surface area contributed by atoms with Gasteiger partial charge >= 0.3 is 5.97 Å². The summed E-state index contributed by atoms with van der Waals surface area (Å²) in [5.74, 6) is -1.58. The average Bonchev–Trinajstić information content (AvgIpc) is 2.86. The summed E-state index contributed by atoms with van der Waals surface area (Å²) in [6, 6.07) is 9.67. The molecule has 3 rings (SSSR count). The van der Waals surface area contributed by atoms with E-state index in [0.717, 1.165) is 44.1 Å². The van der Waals surface area contributed by atoms with E-state index in [9.17, 15) is 14.7 Å². The van der Waals surface area contributed by atoms with Crippen molar-refractivity contribution in [1.82, 2.24) is 5.32 Å². The Balaban J connectivity index is 1.77. The number of unbranched alkanes of at least 4 members (excludes halogenated alkanes) is 1. The van der Waals surface area contributed by atoms with Crippen LogP contribution in [-0.4, -0.2) is 42.3 Å². The Bertz CT molecular complexity index is 997. The summed E-state index contributed by atoms with van der Waals surface area (Å²) in [5.41, 5.74) is 6.19. The number of phenolic OH excluding ortho intramolecular Hbond substituents is 1. The van der Waals surface area contributed by atoms with Gasteiger partial charge < -0.3 is 25.6 Å². The quantitative estimate of drug-likeness (QED) is 0.281. The zero-order valence-electron chi connectivity index (χ0n) is 19.6. The van der Waals surface area contributed by atoms with Crippen LogP contribution in [0.1, 0.15) is 60.9 Å². The SMILES string of the molecule is NCCCCOc1c(Cl)cc(C(=O)NC(Cc2ccccc2)C(=O)OC2CCCCC2)c(O)c1Cl. The number of nitrogens with two attached hydrogens (primary N) is 1. The number of rotatable bonds is 11. The summed E-state index contributed by atoms with van der Waals surface area (Å²) >= 11 is 12.6. The highest BCUT2D eigenvalue weighted by atomic mass is 35.5. The number of aromatic hydroxyl groups is 1. The van der Waals surface area contributed by atoms with Crippen molar-refractivity contribution in [1.29, 1.82) is 0 Å². The van der Waals surface area contributed by atoms with Crippen molar-refractivity contribution >= 4 is 35.1 Å². The summed E-state index contributed by atoms with van der Waals surface area (Å²) in [6.07, 6.45) is 6.33. The maximum atomic E-state index is 13.1.